The zero-order valence-electron chi connectivity index (χ0n) is 12.7. The van der Waals surface area contributed by atoms with E-state index in [0.717, 1.165) is 11.1 Å². The van der Waals surface area contributed by atoms with Crippen molar-refractivity contribution in [3.05, 3.63) is 60.2 Å². The minimum atomic E-state index is -0.684. The van der Waals surface area contributed by atoms with Gasteiger partial charge in [-0.15, -0.1) is 0 Å². The molecule has 0 aromatic heterocycles. The van der Waals surface area contributed by atoms with Crippen LogP contribution in [-0.4, -0.2) is 24.4 Å². The summed E-state index contributed by atoms with van der Waals surface area (Å²) in [4.78, 5) is 34.7. The fraction of sp³-hybridized carbons (Fsp3) is 0.167. The van der Waals surface area contributed by atoms with Crippen LogP contribution in [-0.2, 0) is 14.3 Å². The van der Waals surface area contributed by atoms with E-state index in [1.54, 1.807) is 31.2 Å². The van der Waals surface area contributed by atoms with E-state index in [4.69, 9.17) is 0 Å². The molecule has 117 valence electrons. The lowest BCUT2D eigenvalue weighted by Crippen LogP contribution is -2.32. The summed E-state index contributed by atoms with van der Waals surface area (Å²) in [5, 5.41) is 2.16. The number of rotatable bonds is 5. The Balaban J connectivity index is 1.98. The summed E-state index contributed by atoms with van der Waals surface area (Å²) in [7, 11) is 0. The van der Waals surface area contributed by atoms with Gasteiger partial charge in [-0.2, -0.15) is 0 Å². The van der Waals surface area contributed by atoms with Gasteiger partial charge in [-0.25, -0.2) is 0 Å². The molecule has 0 unspecified atom stereocenters. The first kappa shape index (κ1) is 16.4. The second-order valence-electron chi connectivity index (χ2n) is 4.73. The predicted octanol–water partition coefficient (Wildman–Crippen LogP) is 2.36. The van der Waals surface area contributed by atoms with Gasteiger partial charge < -0.3 is 4.74 Å². The van der Waals surface area contributed by atoms with Crippen molar-refractivity contribution in [3.63, 3.8) is 0 Å². The largest absolute Gasteiger partial charge is 0.466 e. The molecule has 2 amide bonds. The van der Waals surface area contributed by atoms with Crippen molar-refractivity contribution in [2.75, 3.05) is 6.61 Å². The molecule has 0 aliphatic heterocycles. The lowest BCUT2D eigenvalue weighted by atomic mass is 10.0. The molecule has 0 aliphatic carbocycles. The second-order valence-corrected chi connectivity index (χ2v) is 4.73. The van der Waals surface area contributed by atoms with Crippen LogP contribution in [0.25, 0.3) is 11.1 Å². The van der Waals surface area contributed by atoms with Gasteiger partial charge in [-0.3, -0.25) is 19.7 Å². The smallest absolute Gasteiger partial charge is 0.315 e. The van der Waals surface area contributed by atoms with Gasteiger partial charge in [-0.05, 0) is 36.2 Å². The molecule has 0 aliphatic rings. The fourth-order valence-electron chi connectivity index (χ4n) is 1.98. The average molecular weight is 310 g/mol. The molecule has 1 N–H and O–H groups in total. The Bertz CT molecular complexity index is 693. The molecule has 0 saturated carbocycles. The summed E-state index contributed by atoms with van der Waals surface area (Å²) in [6, 6.07) is 17.2. The van der Waals surface area contributed by atoms with Gasteiger partial charge in [-0.1, -0.05) is 36.4 Å². The van der Waals surface area contributed by atoms with Gasteiger partial charge in [0.2, 0.25) is 5.91 Å². The molecule has 0 atom stereocenters. The minimum absolute atomic E-state index is 0.193. The number of imide groups is 1. The highest BCUT2D eigenvalue weighted by molar-refractivity contribution is 6.08. The maximum atomic E-state index is 12.0. The quantitative estimate of drug-likeness (QED) is 0.680. The number of hydrogen-bond donors (Lipinski definition) is 1. The van der Waals surface area contributed by atoms with Gasteiger partial charge in [0.1, 0.15) is 6.42 Å². The zero-order valence-corrected chi connectivity index (χ0v) is 12.7. The van der Waals surface area contributed by atoms with Crippen LogP contribution in [0.2, 0.25) is 0 Å². The van der Waals surface area contributed by atoms with Gasteiger partial charge in [0, 0.05) is 5.56 Å². The molecule has 1 radical (unpaired) electrons. The average Bonchev–Trinajstić information content (AvgIpc) is 2.56. The van der Waals surface area contributed by atoms with E-state index in [1.165, 1.54) is 0 Å². The van der Waals surface area contributed by atoms with E-state index >= 15 is 0 Å². The highest BCUT2D eigenvalue weighted by Gasteiger charge is 2.14. The summed E-state index contributed by atoms with van der Waals surface area (Å²) < 4.78 is 4.65. The number of hydrogen-bond acceptors (Lipinski definition) is 4. The molecule has 0 saturated heterocycles. The third-order valence-corrected chi connectivity index (χ3v) is 3.06. The number of carbonyl (C=O) groups is 3. The monoisotopic (exact) mass is 310 g/mol. The molecular formula is C18H16NO4. The maximum absolute atomic E-state index is 12.0. The Morgan fingerprint density at radius 3 is 2.22 bits per heavy atom. The topological polar surface area (TPSA) is 72.5 Å². The number of amides is 2. The van der Waals surface area contributed by atoms with E-state index < -0.39 is 24.2 Å². The van der Waals surface area contributed by atoms with Crippen molar-refractivity contribution >= 4 is 17.8 Å². The summed E-state index contributed by atoms with van der Waals surface area (Å²) in [6.45, 7) is 1.84. The van der Waals surface area contributed by atoms with Crippen molar-refractivity contribution in [2.45, 2.75) is 13.3 Å². The summed E-state index contributed by atoms with van der Waals surface area (Å²) in [5.74, 6) is -1.89. The highest BCUT2D eigenvalue weighted by atomic mass is 16.5. The van der Waals surface area contributed by atoms with Crippen LogP contribution in [0.3, 0.4) is 0 Å². The van der Waals surface area contributed by atoms with E-state index in [9.17, 15) is 14.4 Å². The van der Waals surface area contributed by atoms with Crippen molar-refractivity contribution in [2.24, 2.45) is 0 Å². The maximum Gasteiger partial charge on any atom is 0.315 e. The molecule has 2 aromatic carbocycles. The Hall–Kier alpha value is -2.95. The Kier molecular flexibility index (Phi) is 5.63. The molecular weight excluding hydrogens is 294 g/mol. The third kappa shape index (κ3) is 4.78. The van der Waals surface area contributed by atoms with Gasteiger partial charge in [0.15, 0.2) is 0 Å². The molecule has 2 aromatic rings. The summed E-state index contributed by atoms with van der Waals surface area (Å²) in [5.41, 5.74) is 2.30. The SMILES string of the molecule is CCOC(=O)CC(=O)NC(=O)c1ccc(-c2cc[c]cc2)cc1. The lowest BCUT2D eigenvalue weighted by Gasteiger charge is -2.06. The molecule has 23 heavy (non-hydrogen) atoms. The van der Waals surface area contributed by atoms with Gasteiger partial charge in [0.25, 0.3) is 5.91 Å². The highest BCUT2D eigenvalue weighted by Crippen LogP contribution is 2.19. The lowest BCUT2D eigenvalue weighted by molar-refractivity contribution is -0.145. The molecule has 2 rings (SSSR count). The van der Waals surface area contributed by atoms with Crippen LogP contribution >= 0.6 is 0 Å². The van der Waals surface area contributed by atoms with E-state index in [2.05, 4.69) is 16.1 Å². The van der Waals surface area contributed by atoms with Crippen molar-refractivity contribution in [3.8, 4) is 11.1 Å². The first-order chi connectivity index (χ1) is 11.1. The van der Waals surface area contributed by atoms with Crippen LogP contribution < -0.4 is 5.32 Å². The first-order valence-corrected chi connectivity index (χ1v) is 7.16. The van der Waals surface area contributed by atoms with Crippen molar-refractivity contribution in [1.29, 1.82) is 0 Å². The van der Waals surface area contributed by atoms with Crippen molar-refractivity contribution in [1.82, 2.24) is 5.32 Å². The first-order valence-electron chi connectivity index (χ1n) is 7.16. The normalized spacial score (nSPS) is 9.96. The third-order valence-electron chi connectivity index (χ3n) is 3.06. The molecule has 0 bridgehead atoms. The Morgan fingerprint density at radius 1 is 1.00 bits per heavy atom. The van der Waals surface area contributed by atoms with Crippen LogP contribution in [0.15, 0.2) is 48.5 Å². The van der Waals surface area contributed by atoms with Crippen LogP contribution in [0.1, 0.15) is 23.7 Å². The molecule has 5 nitrogen and oxygen atoms in total. The van der Waals surface area contributed by atoms with Crippen molar-refractivity contribution < 1.29 is 19.1 Å². The van der Waals surface area contributed by atoms with Gasteiger partial charge in [0.05, 0.1) is 6.61 Å². The molecule has 0 spiro atoms. The number of carbonyl (C=O) groups excluding carboxylic acids is 3. The van der Waals surface area contributed by atoms with E-state index in [1.807, 2.05) is 24.3 Å². The Morgan fingerprint density at radius 2 is 1.61 bits per heavy atom. The predicted molar refractivity (Wildman–Crippen MR) is 84.4 cm³/mol. The standard InChI is InChI=1S/C18H16NO4/c1-2-23-17(21)12-16(20)19-18(22)15-10-8-14(9-11-15)13-6-4-3-5-7-13/h4-11H,2,12H2,1H3,(H,19,20,22). The molecule has 0 fully saturated rings. The fourth-order valence-corrected chi connectivity index (χ4v) is 1.98. The summed E-state index contributed by atoms with van der Waals surface area (Å²) >= 11 is 0. The minimum Gasteiger partial charge on any atom is -0.466 e. The molecule has 0 heterocycles. The van der Waals surface area contributed by atoms with Crippen LogP contribution in [0, 0.1) is 6.07 Å². The van der Waals surface area contributed by atoms with E-state index in [-0.39, 0.29) is 6.61 Å². The number of nitrogens with one attached hydrogen (secondary N) is 1. The Labute approximate surface area is 134 Å². The summed E-state index contributed by atoms with van der Waals surface area (Å²) in [6.07, 6.45) is -0.474. The molecule has 5 heteroatoms. The zero-order chi connectivity index (χ0) is 16.7. The van der Waals surface area contributed by atoms with E-state index in [0.29, 0.717) is 5.56 Å². The van der Waals surface area contributed by atoms with Gasteiger partial charge >= 0.3 is 5.97 Å². The number of ether oxygens (including phenoxy) is 1. The van der Waals surface area contributed by atoms with Crippen LogP contribution in [0.4, 0.5) is 0 Å². The number of benzene rings is 2. The van der Waals surface area contributed by atoms with Crippen LogP contribution in [0.5, 0.6) is 0 Å². The second kappa shape index (κ2) is 7.89. The number of esters is 1.